The number of carbonyl (C=O) groups excluding carboxylic acids is 1. The lowest BCUT2D eigenvalue weighted by Crippen LogP contribution is -2.37. The van der Waals surface area contributed by atoms with E-state index >= 15 is 0 Å². The first-order chi connectivity index (χ1) is 12.7. The maximum atomic E-state index is 12.9. The Morgan fingerprint density at radius 3 is 2.08 bits per heavy atom. The van der Waals surface area contributed by atoms with Crippen LogP contribution in [0, 0.1) is 6.92 Å². The number of carbonyl (C=O) groups is 1. The first kappa shape index (κ1) is 17.9. The third-order valence-electron chi connectivity index (χ3n) is 4.28. The molecule has 3 nitrogen and oxygen atoms in total. The molecule has 3 rings (SSSR count). The normalized spacial score (nSPS) is 10.5. The number of nitrogens with zero attached hydrogens (tertiary/aromatic N) is 1. The van der Waals surface area contributed by atoms with Crippen molar-refractivity contribution in [2.75, 3.05) is 11.4 Å². The third kappa shape index (κ3) is 5.04. The SMILES string of the molecule is Cc1ccc(CNCC(=O)N(Cc2ccccc2)c2ccccc2)cc1. The van der Waals surface area contributed by atoms with Crippen molar-refractivity contribution in [1.82, 2.24) is 5.32 Å². The lowest BCUT2D eigenvalue weighted by molar-refractivity contribution is -0.118. The van der Waals surface area contributed by atoms with Crippen LogP contribution in [0.1, 0.15) is 16.7 Å². The van der Waals surface area contributed by atoms with Gasteiger partial charge < -0.3 is 10.2 Å². The summed E-state index contributed by atoms with van der Waals surface area (Å²) < 4.78 is 0. The van der Waals surface area contributed by atoms with Gasteiger partial charge in [0.15, 0.2) is 0 Å². The minimum atomic E-state index is 0.0622. The third-order valence-corrected chi connectivity index (χ3v) is 4.28. The van der Waals surface area contributed by atoms with Gasteiger partial charge in [-0.3, -0.25) is 4.79 Å². The molecule has 0 aliphatic rings. The molecule has 0 heterocycles. The van der Waals surface area contributed by atoms with Crippen molar-refractivity contribution in [1.29, 1.82) is 0 Å². The van der Waals surface area contributed by atoms with Crippen LogP contribution in [0.15, 0.2) is 84.9 Å². The molecule has 26 heavy (non-hydrogen) atoms. The first-order valence-electron chi connectivity index (χ1n) is 8.88. The van der Waals surface area contributed by atoms with E-state index in [1.165, 1.54) is 11.1 Å². The van der Waals surface area contributed by atoms with Gasteiger partial charge in [0.2, 0.25) is 5.91 Å². The molecule has 0 atom stereocenters. The van der Waals surface area contributed by atoms with Crippen molar-refractivity contribution in [3.8, 4) is 0 Å². The van der Waals surface area contributed by atoms with Crippen LogP contribution in [0.3, 0.4) is 0 Å². The van der Waals surface area contributed by atoms with Crippen molar-refractivity contribution < 1.29 is 4.79 Å². The molecule has 132 valence electrons. The van der Waals surface area contributed by atoms with Gasteiger partial charge in [0.05, 0.1) is 13.1 Å². The van der Waals surface area contributed by atoms with Gasteiger partial charge in [-0.05, 0) is 30.2 Å². The van der Waals surface area contributed by atoms with E-state index in [1.54, 1.807) is 0 Å². The van der Waals surface area contributed by atoms with Crippen molar-refractivity contribution in [3.05, 3.63) is 102 Å². The van der Waals surface area contributed by atoms with E-state index in [4.69, 9.17) is 0 Å². The molecule has 0 aliphatic heterocycles. The number of hydrogen-bond acceptors (Lipinski definition) is 2. The summed E-state index contributed by atoms with van der Waals surface area (Å²) >= 11 is 0. The van der Waals surface area contributed by atoms with Crippen LogP contribution in [0.2, 0.25) is 0 Å². The molecule has 1 amide bonds. The Labute approximate surface area is 155 Å². The molecule has 0 aliphatic carbocycles. The summed E-state index contributed by atoms with van der Waals surface area (Å²) in [5.74, 6) is 0.0622. The molecule has 0 unspecified atom stereocenters. The molecular weight excluding hydrogens is 320 g/mol. The zero-order valence-corrected chi connectivity index (χ0v) is 15.1. The number of para-hydroxylation sites is 1. The Bertz CT molecular complexity index is 814. The highest BCUT2D eigenvalue weighted by Gasteiger charge is 2.15. The second kappa shape index (κ2) is 8.97. The predicted octanol–water partition coefficient (Wildman–Crippen LogP) is 4.32. The summed E-state index contributed by atoms with van der Waals surface area (Å²) in [4.78, 5) is 14.7. The van der Waals surface area contributed by atoms with Crippen LogP contribution in [0.4, 0.5) is 5.69 Å². The minimum Gasteiger partial charge on any atom is -0.307 e. The average molecular weight is 344 g/mol. The molecule has 0 aromatic heterocycles. The van der Waals surface area contributed by atoms with E-state index in [1.807, 2.05) is 65.6 Å². The highest BCUT2D eigenvalue weighted by molar-refractivity contribution is 5.94. The maximum absolute atomic E-state index is 12.9. The lowest BCUT2D eigenvalue weighted by Gasteiger charge is -2.23. The average Bonchev–Trinajstić information content (AvgIpc) is 2.69. The van der Waals surface area contributed by atoms with Gasteiger partial charge in [0.1, 0.15) is 0 Å². The quantitative estimate of drug-likeness (QED) is 0.692. The van der Waals surface area contributed by atoms with Crippen LogP contribution in [-0.4, -0.2) is 12.5 Å². The molecule has 0 saturated carbocycles. The van der Waals surface area contributed by atoms with Crippen molar-refractivity contribution >= 4 is 11.6 Å². The molecule has 3 heteroatoms. The summed E-state index contributed by atoms with van der Waals surface area (Å²) in [5, 5.41) is 3.27. The van der Waals surface area contributed by atoms with Crippen molar-refractivity contribution in [3.63, 3.8) is 0 Å². The highest BCUT2D eigenvalue weighted by Crippen LogP contribution is 2.17. The van der Waals surface area contributed by atoms with Gasteiger partial charge in [-0.2, -0.15) is 0 Å². The van der Waals surface area contributed by atoms with Crippen LogP contribution in [0.5, 0.6) is 0 Å². The standard InChI is InChI=1S/C23H24N2O/c1-19-12-14-20(15-13-19)16-24-17-23(26)25(22-10-6-3-7-11-22)18-21-8-4-2-5-9-21/h2-15,24H,16-18H2,1H3. The summed E-state index contributed by atoms with van der Waals surface area (Å²) in [5.41, 5.74) is 4.45. The molecule has 0 saturated heterocycles. The number of hydrogen-bond donors (Lipinski definition) is 1. The van der Waals surface area contributed by atoms with Crippen LogP contribution in [-0.2, 0) is 17.9 Å². The first-order valence-corrected chi connectivity index (χ1v) is 8.88. The highest BCUT2D eigenvalue weighted by atomic mass is 16.2. The monoisotopic (exact) mass is 344 g/mol. The van der Waals surface area contributed by atoms with E-state index in [0.29, 0.717) is 19.6 Å². The van der Waals surface area contributed by atoms with Gasteiger partial charge in [-0.1, -0.05) is 78.4 Å². The molecular formula is C23H24N2O. The van der Waals surface area contributed by atoms with Gasteiger partial charge in [-0.25, -0.2) is 0 Å². The Morgan fingerprint density at radius 2 is 1.42 bits per heavy atom. The van der Waals surface area contributed by atoms with Crippen LogP contribution in [0.25, 0.3) is 0 Å². The van der Waals surface area contributed by atoms with Gasteiger partial charge in [0.25, 0.3) is 0 Å². The van der Waals surface area contributed by atoms with Crippen molar-refractivity contribution in [2.24, 2.45) is 0 Å². The summed E-state index contributed by atoms with van der Waals surface area (Å²) in [7, 11) is 0. The van der Waals surface area contributed by atoms with Crippen LogP contribution >= 0.6 is 0 Å². The molecule has 0 fully saturated rings. The van der Waals surface area contributed by atoms with Gasteiger partial charge in [-0.15, -0.1) is 0 Å². The number of nitrogens with one attached hydrogen (secondary N) is 1. The fourth-order valence-electron chi connectivity index (χ4n) is 2.81. The molecule has 1 N–H and O–H groups in total. The van der Waals surface area contributed by atoms with E-state index in [2.05, 4.69) is 36.5 Å². The Balaban J connectivity index is 1.65. The van der Waals surface area contributed by atoms with E-state index in [0.717, 1.165) is 11.3 Å². The molecule has 0 bridgehead atoms. The fourth-order valence-corrected chi connectivity index (χ4v) is 2.81. The van der Waals surface area contributed by atoms with Crippen LogP contribution < -0.4 is 10.2 Å². The second-order valence-corrected chi connectivity index (χ2v) is 6.39. The Kier molecular flexibility index (Phi) is 6.18. The lowest BCUT2D eigenvalue weighted by atomic mass is 10.1. The number of amides is 1. The zero-order chi connectivity index (χ0) is 18.2. The van der Waals surface area contributed by atoms with E-state index in [9.17, 15) is 4.79 Å². The topological polar surface area (TPSA) is 32.3 Å². The molecule has 3 aromatic carbocycles. The summed E-state index contributed by atoms with van der Waals surface area (Å²) in [6.45, 7) is 3.62. The molecule has 0 spiro atoms. The fraction of sp³-hybridized carbons (Fsp3) is 0.174. The number of benzene rings is 3. The van der Waals surface area contributed by atoms with Gasteiger partial charge in [0, 0.05) is 12.2 Å². The predicted molar refractivity (Wildman–Crippen MR) is 107 cm³/mol. The number of rotatable bonds is 7. The second-order valence-electron chi connectivity index (χ2n) is 6.39. The molecule has 3 aromatic rings. The molecule has 0 radical (unpaired) electrons. The minimum absolute atomic E-state index is 0.0622. The summed E-state index contributed by atoms with van der Waals surface area (Å²) in [6, 6.07) is 28.3. The zero-order valence-electron chi connectivity index (χ0n) is 15.1. The Morgan fingerprint density at radius 1 is 0.808 bits per heavy atom. The van der Waals surface area contributed by atoms with E-state index < -0.39 is 0 Å². The largest absolute Gasteiger partial charge is 0.307 e. The van der Waals surface area contributed by atoms with Gasteiger partial charge >= 0.3 is 0 Å². The Hall–Kier alpha value is -2.91. The smallest absolute Gasteiger partial charge is 0.241 e. The van der Waals surface area contributed by atoms with Crippen molar-refractivity contribution in [2.45, 2.75) is 20.0 Å². The van der Waals surface area contributed by atoms with E-state index in [-0.39, 0.29) is 5.91 Å². The number of anilines is 1. The maximum Gasteiger partial charge on any atom is 0.241 e. The summed E-state index contributed by atoms with van der Waals surface area (Å²) in [6.07, 6.45) is 0. The number of aryl methyl sites for hydroxylation is 1.